The van der Waals surface area contributed by atoms with Crippen molar-refractivity contribution in [3.8, 4) is 0 Å². The minimum absolute atomic E-state index is 0.192. The molecule has 0 radical (unpaired) electrons. The van der Waals surface area contributed by atoms with E-state index in [2.05, 4.69) is 17.0 Å². The van der Waals surface area contributed by atoms with E-state index in [-0.39, 0.29) is 18.0 Å². The second kappa shape index (κ2) is 8.93. The molecule has 0 aromatic carbocycles. The van der Waals surface area contributed by atoms with Crippen molar-refractivity contribution >= 4 is 10.0 Å². The van der Waals surface area contributed by atoms with Crippen LogP contribution >= 0.6 is 0 Å². The normalized spacial score (nSPS) is 12.0. The summed E-state index contributed by atoms with van der Waals surface area (Å²) in [5, 5.41) is 7.26. The molecule has 1 rings (SSSR count). The molecule has 0 bridgehead atoms. The minimum Gasteiger partial charge on any atom is -0.383 e. The van der Waals surface area contributed by atoms with E-state index in [0.717, 1.165) is 13.1 Å². The highest BCUT2D eigenvalue weighted by atomic mass is 32.2. The van der Waals surface area contributed by atoms with Crippen LogP contribution in [0.3, 0.4) is 0 Å². The second-order valence-corrected chi connectivity index (χ2v) is 6.38. The molecule has 0 saturated carbocycles. The first-order valence-corrected chi connectivity index (χ1v) is 8.33. The Kier molecular flexibility index (Phi) is 7.58. The Balaban J connectivity index is 2.81. The third-order valence-electron chi connectivity index (χ3n) is 2.89. The van der Waals surface area contributed by atoms with E-state index in [9.17, 15) is 8.42 Å². The van der Waals surface area contributed by atoms with Gasteiger partial charge in [0.15, 0.2) is 0 Å². The van der Waals surface area contributed by atoms with Gasteiger partial charge in [0.05, 0.1) is 19.3 Å². The van der Waals surface area contributed by atoms with Crippen molar-refractivity contribution in [1.29, 1.82) is 0 Å². The number of nitrogens with one attached hydrogen (secondary N) is 1. The number of likely N-dealkylation sites (N-methyl/N-ethyl adjacent to an activating group) is 1. The van der Waals surface area contributed by atoms with E-state index in [1.165, 1.54) is 17.6 Å². The molecule has 1 N–H and O–H groups in total. The van der Waals surface area contributed by atoms with Crippen LogP contribution in [0.25, 0.3) is 0 Å². The van der Waals surface area contributed by atoms with Gasteiger partial charge in [0, 0.05) is 32.9 Å². The standard InChI is InChI=1S/C13H24N4O3S/c1-4-7-17(9-10-20-3)21(18,19)13-11-15-16(12-13)8-6-14-5-2/h4,11-12,14H,1,5-10H2,2-3H3. The molecule has 0 fully saturated rings. The number of hydrogen-bond donors (Lipinski definition) is 1. The third kappa shape index (κ3) is 5.24. The van der Waals surface area contributed by atoms with Gasteiger partial charge < -0.3 is 10.1 Å². The van der Waals surface area contributed by atoms with E-state index in [4.69, 9.17) is 4.74 Å². The van der Waals surface area contributed by atoms with E-state index in [1.54, 1.807) is 17.0 Å². The number of rotatable bonds is 11. The maximum Gasteiger partial charge on any atom is 0.246 e. The van der Waals surface area contributed by atoms with Gasteiger partial charge in [0.1, 0.15) is 4.90 Å². The van der Waals surface area contributed by atoms with Gasteiger partial charge in [-0.3, -0.25) is 4.68 Å². The van der Waals surface area contributed by atoms with Crippen LogP contribution < -0.4 is 5.32 Å². The largest absolute Gasteiger partial charge is 0.383 e. The van der Waals surface area contributed by atoms with Gasteiger partial charge in [-0.05, 0) is 6.54 Å². The highest BCUT2D eigenvalue weighted by Gasteiger charge is 2.24. The first-order valence-electron chi connectivity index (χ1n) is 6.89. The molecule has 0 unspecified atom stereocenters. The number of methoxy groups -OCH3 is 1. The topological polar surface area (TPSA) is 76.5 Å². The van der Waals surface area contributed by atoms with Crippen LogP contribution in [0.15, 0.2) is 29.9 Å². The highest BCUT2D eigenvalue weighted by Crippen LogP contribution is 2.14. The van der Waals surface area contributed by atoms with Gasteiger partial charge in [0.25, 0.3) is 0 Å². The molecular formula is C13H24N4O3S. The monoisotopic (exact) mass is 316 g/mol. The molecule has 0 aliphatic carbocycles. The summed E-state index contributed by atoms with van der Waals surface area (Å²) >= 11 is 0. The molecule has 0 aliphatic rings. The SMILES string of the molecule is C=CCN(CCOC)S(=O)(=O)c1cnn(CCNCC)c1. The highest BCUT2D eigenvalue weighted by molar-refractivity contribution is 7.89. The fourth-order valence-electron chi connectivity index (χ4n) is 1.77. The van der Waals surface area contributed by atoms with Gasteiger partial charge in [-0.25, -0.2) is 8.42 Å². The molecule has 120 valence electrons. The van der Waals surface area contributed by atoms with Gasteiger partial charge in [-0.2, -0.15) is 9.40 Å². The number of aromatic nitrogens is 2. The lowest BCUT2D eigenvalue weighted by Gasteiger charge is -2.19. The maximum absolute atomic E-state index is 12.5. The quantitative estimate of drug-likeness (QED) is 0.470. The molecule has 0 saturated heterocycles. The van der Waals surface area contributed by atoms with Crippen LogP contribution in [-0.2, 0) is 21.3 Å². The lowest BCUT2D eigenvalue weighted by Crippen LogP contribution is -2.34. The molecule has 21 heavy (non-hydrogen) atoms. The molecule has 1 aromatic heterocycles. The molecule has 1 heterocycles. The lowest BCUT2D eigenvalue weighted by atomic mass is 10.6. The van der Waals surface area contributed by atoms with Gasteiger partial charge in [0.2, 0.25) is 10.0 Å². The van der Waals surface area contributed by atoms with Crippen molar-refractivity contribution in [3.05, 3.63) is 25.0 Å². The van der Waals surface area contributed by atoms with Crippen LogP contribution in [0.1, 0.15) is 6.92 Å². The zero-order chi connectivity index (χ0) is 15.7. The molecule has 8 heteroatoms. The first-order chi connectivity index (χ1) is 10.1. The summed E-state index contributed by atoms with van der Waals surface area (Å²) in [5.74, 6) is 0. The van der Waals surface area contributed by atoms with Crippen LogP contribution in [0.5, 0.6) is 0 Å². The Morgan fingerprint density at radius 1 is 1.57 bits per heavy atom. The predicted octanol–water partition coefficient (Wildman–Crippen LogP) is 0.316. The summed E-state index contributed by atoms with van der Waals surface area (Å²) in [7, 11) is -2.03. The summed E-state index contributed by atoms with van der Waals surface area (Å²) in [6.07, 6.45) is 4.49. The predicted molar refractivity (Wildman–Crippen MR) is 81.6 cm³/mol. The molecule has 0 spiro atoms. The van der Waals surface area contributed by atoms with Crippen molar-refractivity contribution < 1.29 is 13.2 Å². The van der Waals surface area contributed by atoms with Crippen LogP contribution in [-0.4, -0.2) is 62.4 Å². The molecule has 0 aliphatic heterocycles. The zero-order valence-electron chi connectivity index (χ0n) is 12.7. The summed E-state index contributed by atoms with van der Waals surface area (Å²) in [5.41, 5.74) is 0. The second-order valence-electron chi connectivity index (χ2n) is 4.44. The van der Waals surface area contributed by atoms with Crippen LogP contribution in [0.4, 0.5) is 0 Å². The van der Waals surface area contributed by atoms with Crippen LogP contribution in [0.2, 0.25) is 0 Å². The van der Waals surface area contributed by atoms with Gasteiger partial charge >= 0.3 is 0 Å². The summed E-state index contributed by atoms with van der Waals surface area (Å²) in [6.45, 7) is 8.72. The minimum atomic E-state index is -3.57. The van der Waals surface area contributed by atoms with Crippen molar-refractivity contribution in [2.24, 2.45) is 0 Å². The van der Waals surface area contributed by atoms with E-state index in [1.807, 2.05) is 6.92 Å². The smallest absolute Gasteiger partial charge is 0.246 e. The number of sulfonamides is 1. The first kappa shape index (κ1) is 17.8. The average Bonchev–Trinajstić information content (AvgIpc) is 2.93. The van der Waals surface area contributed by atoms with Crippen molar-refractivity contribution in [3.63, 3.8) is 0 Å². The zero-order valence-corrected chi connectivity index (χ0v) is 13.5. The third-order valence-corrected chi connectivity index (χ3v) is 4.71. The number of ether oxygens (including phenoxy) is 1. The Bertz CT molecular complexity index is 527. The van der Waals surface area contributed by atoms with E-state index < -0.39 is 10.0 Å². The Labute approximate surface area is 126 Å². The van der Waals surface area contributed by atoms with Gasteiger partial charge in [-0.1, -0.05) is 13.0 Å². The van der Waals surface area contributed by atoms with Gasteiger partial charge in [-0.15, -0.1) is 6.58 Å². The maximum atomic E-state index is 12.5. The molecular weight excluding hydrogens is 292 g/mol. The number of nitrogens with zero attached hydrogens (tertiary/aromatic N) is 3. The summed E-state index contributed by atoms with van der Waals surface area (Å²) in [4.78, 5) is 0.192. The van der Waals surface area contributed by atoms with E-state index in [0.29, 0.717) is 13.2 Å². The molecule has 0 amide bonds. The molecule has 1 aromatic rings. The Hall–Kier alpha value is -1.22. The van der Waals surface area contributed by atoms with E-state index >= 15 is 0 Å². The number of hydrogen-bond acceptors (Lipinski definition) is 5. The van der Waals surface area contributed by atoms with Crippen molar-refractivity contribution in [2.75, 3.05) is 39.9 Å². The Morgan fingerprint density at radius 3 is 2.95 bits per heavy atom. The molecule has 7 nitrogen and oxygen atoms in total. The summed E-state index contributed by atoms with van der Waals surface area (Å²) < 4.78 is 33.0. The summed E-state index contributed by atoms with van der Waals surface area (Å²) in [6, 6.07) is 0. The lowest BCUT2D eigenvalue weighted by molar-refractivity contribution is 0.182. The molecule has 0 atom stereocenters. The fraction of sp³-hybridized carbons (Fsp3) is 0.615. The fourth-order valence-corrected chi connectivity index (χ4v) is 3.12. The average molecular weight is 316 g/mol. The van der Waals surface area contributed by atoms with Crippen molar-refractivity contribution in [1.82, 2.24) is 19.4 Å². The van der Waals surface area contributed by atoms with Crippen molar-refractivity contribution in [2.45, 2.75) is 18.4 Å². The Morgan fingerprint density at radius 2 is 2.33 bits per heavy atom. The van der Waals surface area contributed by atoms with Crippen LogP contribution in [0, 0.1) is 0 Å².